The second-order valence-corrected chi connectivity index (χ2v) is 6.95. The molecule has 4 heteroatoms. The van der Waals surface area contributed by atoms with E-state index in [1.165, 1.54) is 27.8 Å². The zero-order valence-electron chi connectivity index (χ0n) is 10.0. The molecule has 0 radical (unpaired) electrons. The molecule has 90 valence electrons. The summed E-state index contributed by atoms with van der Waals surface area (Å²) in [6, 6.07) is 0. The lowest BCUT2D eigenvalue weighted by atomic mass is 10.1. The molecule has 2 nitrogen and oxygen atoms in total. The van der Waals surface area contributed by atoms with Gasteiger partial charge in [-0.05, 0) is 49.1 Å². The van der Waals surface area contributed by atoms with Crippen LogP contribution in [0, 0.1) is 19.8 Å². The van der Waals surface area contributed by atoms with E-state index in [4.69, 9.17) is 0 Å². The van der Waals surface area contributed by atoms with Crippen LogP contribution in [-0.2, 0) is 0 Å². The number of carbonyl (C=O) groups excluding carboxylic acids is 1. The highest BCUT2D eigenvalue weighted by atomic mass is 32.2. The topological polar surface area (TPSA) is 29.1 Å². The largest absolute Gasteiger partial charge is 0.351 e. The molecule has 17 heavy (non-hydrogen) atoms. The second kappa shape index (κ2) is 4.10. The number of amides is 1. The summed E-state index contributed by atoms with van der Waals surface area (Å²) in [7, 11) is 0. The average molecular weight is 265 g/mol. The zero-order chi connectivity index (χ0) is 12.0. The smallest absolute Gasteiger partial charge is 0.261 e. The minimum atomic E-state index is 0.113. The summed E-state index contributed by atoms with van der Waals surface area (Å²) in [5, 5.41) is 6.50. The van der Waals surface area contributed by atoms with E-state index in [0.29, 0.717) is 0 Å². The summed E-state index contributed by atoms with van der Waals surface area (Å²) in [5.74, 6) is 0.851. The first-order valence-electron chi connectivity index (χ1n) is 5.92. The van der Waals surface area contributed by atoms with Gasteiger partial charge in [0.25, 0.3) is 5.91 Å². The van der Waals surface area contributed by atoms with Crippen molar-refractivity contribution in [1.29, 1.82) is 0 Å². The van der Waals surface area contributed by atoms with E-state index in [0.717, 1.165) is 22.9 Å². The Morgan fingerprint density at radius 3 is 2.88 bits per heavy atom. The summed E-state index contributed by atoms with van der Waals surface area (Å²) in [4.78, 5) is 13.0. The number of nitrogens with one attached hydrogen (secondary N) is 1. The quantitative estimate of drug-likeness (QED) is 0.900. The van der Waals surface area contributed by atoms with Crippen LogP contribution >= 0.6 is 22.7 Å². The number of hydrogen-bond acceptors (Lipinski definition) is 3. The predicted molar refractivity (Wildman–Crippen MR) is 74.2 cm³/mol. The SMILES string of the molecule is Cc1csc2sc(C(=O)NCC3CC3)c(C)c12. The van der Waals surface area contributed by atoms with Crippen molar-refractivity contribution < 1.29 is 4.79 Å². The fourth-order valence-electron chi connectivity index (χ4n) is 2.08. The number of aryl methyl sites for hydroxylation is 2. The molecule has 2 aromatic rings. The Balaban J connectivity index is 1.88. The molecule has 1 amide bonds. The van der Waals surface area contributed by atoms with Gasteiger partial charge in [0.05, 0.1) is 8.89 Å². The Kier molecular flexibility index (Phi) is 2.71. The van der Waals surface area contributed by atoms with E-state index in [1.807, 2.05) is 0 Å². The first-order chi connectivity index (χ1) is 8.16. The molecule has 0 bridgehead atoms. The molecule has 0 spiro atoms. The van der Waals surface area contributed by atoms with Crippen molar-refractivity contribution in [1.82, 2.24) is 5.32 Å². The third-order valence-electron chi connectivity index (χ3n) is 3.31. The fourth-order valence-corrected chi connectivity index (χ4v) is 4.53. The fraction of sp³-hybridized carbons (Fsp3) is 0.462. The van der Waals surface area contributed by atoms with Gasteiger partial charge in [-0.2, -0.15) is 0 Å². The number of rotatable bonds is 3. The van der Waals surface area contributed by atoms with Crippen LogP contribution in [-0.4, -0.2) is 12.5 Å². The molecule has 0 unspecified atom stereocenters. The highest BCUT2D eigenvalue weighted by Gasteiger charge is 2.23. The Morgan fingerprint density at radius 1 is 1.47 bits per heavy atom. The lowest BCUT2D eigenvalue weighted by molar-refractivity contribution is 0.0955. The van der Waals surface area contributed by atoms with Gasteiger partial charge >= 0.3 is 0 Å². The van der Waals surface area contributed by atoms with Gasteiger partial charge in [0.1, 0.15) is 0 Å². The maximum Gasteiger partial charge on any atom is 0.261 e. The van der Waals surface area contributed by atoms with E-state index >= 15 is 0 Å². The molecule has 1 N–H and O–H groups in total. The van der Waals surface area contributed by atoms with E-state index < -0.39 is 0 Å². The summed E-state index contributed by atoms with van der Waals surface area (Å²) in [6.07, 6.45) is 2.55. The van der Waals surface area contributed by atoms with Gasteiger partial charge in [-0.15, -0.1) is 22.7 Å². The molecule has 0 saturated heterocycles. The number of hydrogen-bond donors (Lipinski definition) is 1. The van der Waals surface area contributed by atoms with Crippen LogP contribution in [0.5, 0.6) is 0 Å². The third kappa shape index (κ3) is 2.00. The van der Waals surface area contributed by atoms with E-state index in [-0.39, 0.29) is 5.91 Å². The van der Waals surface area contributed by atoms with Gasteiger partial charge in [-0.25, -0.2) is 0 Å². The zero-order valence-corrected chi connectivity index (χ0v) is 11.6. The Morgan fingerprint density at radius 2 is 2.24 bits per heavy atom. The van der Waals surface area contributed by atoms with E-state index in [1.54, 1.807) is 22.7 Å². The molecule has 1 aliphatic rings. The van der Waals surface area contributed by atoms with E-state index in [2.05, 4.69) is 24.5 Å². The van der Waals surface area contributed by atoms with Crippen LogP contribution in [0.4, 0.5) is 0 Å². The molecule has 1 aliphatic carbocycles. The number of fused-ring (bicyclic) bond motifs is 1. The molecule has 0 aliphatic heterocycles. The highest BCUT2D eigenvalue weighted by molar-refractivity contribution is 7.38. The molecule has 2 aromatic heterocycles. The average Bonchev–Trinajstić information content (AvgIpc) is 2.98. The first kappa shape index (κ1) is 11.2. The minimum absolute atomic E-state index is 0.113. The molecule has 1 saturated carbocycles. The normalized spacial score (nSPS) is 15.4. The first-order valence-corrected chi connectivity index (χ1v) is 7.62. The Hall–Kier alpha value is -0.870. The maximum absolute atomic E-state index is 12.1. The minimum Gasteiger partial charge on any atom is -0.351 e. The third-order valence-corrected chi connectivity index (χ3v) is 5.82. The van der Waals surface area contributed by atoms with Crippen LogP contribution in [0.25, 0.3) is 9.40 Å². The van der Waals surface area contributed by atoms with E-state index in [9.17, 15) is 4.79 Å². The van der Waals surface area contributed by atoms with Crippen LogP contribution in [0.2, 0.25) is 0 Å². The van der Waals surface area contributed by atoms with Crippen LogP contribution < -0.4 is 5.32 Å². The number of carbonyl (C=O) groups is 1. The lowest BCUT2D eigenvalue weighted by Crippen LogP contribution is -2.25. The lowest BCUT2D eigenvalue weighted by Gasteiger charge is -2.02. The van der Waals surface area contributed by atoms with Gasteiger partial charge in [-0.1, -0.05) is 0 Å². The van der Waals surface area contributed by atoms with Crippen molar-refractivity contribution >= 4 is 38.0 Å². The molecule has 2 heterocycles. The van der Waals surface area contributed by atoms with Crippen molar-refractivity contribution in [3.05, 3.63) is 21.4 Å². The highest BCUT2D eigenvalue weighted by Crippen LogP contribution is 2.37. The van der Waals surface area contributed by atoms with Gasteiger partial charge in [0.15, 0.2) is 0 Å². The maximum atomic E-state index is 12.1. The summed E-state index contributed by atoms with van der Waals surface area (Å²) in [6.45, 7) is 5.03. The molecule has 3 rings (SSSR count). The van der Waals surface area contributed by atoms with Crippen molar-refractivity contribution in [3.63, 3.8) is 0 Å². The Bertz CT molecular complexity index is 578. The van der Waals surface area contributed by atoms with Crippen molar-refractivity contribution in [2.75, 3.05) is 6.54 Å². The molecular weight excluding hydrogens is 250 g/mol. The second-order valence-electron chi connectivity index (χ2n) is 4.79. The van der Waals surface area contributed by atoms with Crippen LogP contribution in [0.15, 0.2) is 5.38 Å². The van der Waals surface area contributed by atoms with Crippen LogP contribution in [0.1, 0.15) is 33.6 Å². The van der Waals surface area contributed by atoms with Gasteiger partial charge in [-0.3, -0.25) is 4.79 Å². The molecule has 0 aromatic carbocycles. The van der Waals surface area contributed by atoms with Gasteiger partial charge in [0, 0.05) is 11.9 Å². The summed E-state index contributed by atoms with van der Waals surface area (Å²) < 4.78 is 1.27. The Labute approximate surface area is 109 Å². The monoisotopic (exact) mass is 265 g/mol. The summed E-state index contributed by atoms with van der Waals surface area (Å²) in [5.41, 5.74) is 2.44. The predicted octanol–water partition coefficient (Wildman–Crippen LogP) is 3.72. The molecular formula is C13H15NOS2. The van der Waals surface area contributed by atoms with Crippen molar-refractivity contribution in [2.24, 2.45) is 5.92 Å². The summed E-state index contributed by atoms with van der Waals surface area (Å²) >= 11 is 3.37. The van der Waals surface area contributed by atoms with Gasteiger partial charge in [0.2, 0.25) is 0 Å². The van der Waals surface area contributed by atoms with Crippen molar-refractivity contribution in [3.8, 4) is 0 Å². The molecule has 1 fully saturated rings. The van der Waals surface area contributed by atoms with Crippen molar-refractivity contribution in [2.45, 2.75) is 26.7 Å². The standard InChI is InChI=1S/C13H15NOS2/c1-7-6-16-13-10(7)8(2)11(17-13)12(15)14-5-9-3-4-9/h6,9H,3-5H2,1-2H3,(H,14,15). The van der Waals surface area contributed by atoms with Crippen LogP contribution in [0.3, 0.4) is 0 Å². The van der Waals surface area contributed by atoms with Gasteiger partial charge < -0.3 is 5.32 Å². The molecule has 0 atom stereocenters. The number of thiophene rings is 2.